The van der Waals surface area contributed by atoms with Gasteiger partial charge in [-0.15, -0.1) is 11.3 Å². The number of benzene rings is 2. The van der Waals surface area contributed by atoms with Crippen LogP contribution >= 0.6 is 23.6 Å². The highest BCUT2D eigenvalue weighted by atomic mass is 32.1. The van der Waals surface area contributed by atoms with Crippen LogP contribution in [0.25, 0.3) is 10.9 Å². The van der Waals surface area contributed by atoms with E-state index in [-0.39, 0.29) is 79.3 Å². The number of H-pyrrole nitrogens is 1. The first kappa shape index (κ1) is 42.2. The van der Waals surface area contributed by atoms with Gasteiger partial charge in [-0.2, -0.15) is 13.2 Å². The van der Waals surface area contributed by atoms with E-state index in [0.717, 1.165) is 6.07 Å². The molecule has 2 N–H and O–H groups in total. The summed E-state index contributed by atoms with van der Waals surface area (Å²) in [5.74, 6) is -2.61. The number of thiocarbonyl (C=S) groups is 1. The Kier molecular flexibility index (Phi) is 13.7. The van der Waals surface area contributed by atoms with Crippen molar-refractivity contribution in [3.05, 3.63) is 86.7 Å². The molecule has 0 aliphatic heterocycles. The summed E-state index contributed by atoms with van der Waals surface area (Å²) in [5, 5.41) is 5.78. The number of aryl methyl sites for hydroxylation is 2. The summed E-state index contributed by atoms with van der Waals surface area (Å²) in [5.41, 5.74) is -0.404. The van der Waals surface area contributed by atoms with E-state index in [1.165, 1.54) is 23.5 Å². The highest BCUT2D eigenvalue weighted by Gasteiger charge is 2.46. The molecule has 55 heavy (non-hydrogen) atoms. The van der Waals surface area contributed by atoms with E-state index in [1.54, 1.807) is 36.6 Å². The topological polar surface area (TPSA) is 101 Å². The van der Waals surface area contributed by atoms with Crippen LogP contribution in [-0.2, 0) is 39.8 Å². The zero-order valence-corrected chi connectivity index (χ0v) is 33.5. The van der Waals surface area contributed by atoms with Gasteiger partial charge in [0.15, 0.2) is 11.5 Å². The van der Waals surface area contributed by atoms with Crippen LogP contribution in [0.3, 0.4) is 0 Å². The van der Waals surface area contributed by atoms with Gasteiger partial charge in [0, 0.05) is 41.1 Å². The lowest BCUT2D eigenvalue weighted by atomic mass is 9.72. The van der Waals surface area contributed by atoms with Gasteiger partial charge in [-0.05, 0) is 79.0 Å². The quantitative estimate of drug-likeness (QED) is 0.0627. The molecule has 1 amide bonds. The van der Waals surface area contributed by atoms with E-state index in [9.17, 15) is 31.9 Å². The lowest BCUT2D eigenvalue weighted by Crippen LogP contribution is -2.59. The number of fused-ring (bicyclic) bond motifs is 3. The van der Waals surface area contributed by atoms with Crippen molar-refractivity contribution in [2.24, 2.45) is 17.8 Å². The molecule has 5 atom stereocenters. The largest absolute Gasteiger partial charge is 0.461 e. The SMILES string of the molecule is CCOC(=O)c1csc([C@@H](CC(=O)[C@@]2(NC(=O)[C@@H](CC(=S)CCc3ccccc3F)[C@@H](C)CC)CCc3[nH]c4c(C(F)(F)F)cccc4c3C2)[C@@H](C)CC)n1. The van der Waals surface area contributed by atoms with Gasteiger partial charge in [0.2, 0.25) is 5.91 Å². The molecule has 1 aliphatic carbocycles. The Bertz CT molecular complexity index is 2020. The van der Waals surface area contributed by atoms with Gasteiger partial charge >= 0.3 is 12.1 Å². The van der Waals surface area contributed by atoms with E-state index in [1.807, 2.05) is 27.7 Å². The first-order valence-electron chi connectivity index (χ1n) is 19.0. The van der Waals surface area contributed by atoms with Gasteiger partial charge in [-0.3, -0.25) is 9.59 Å². The van der Waals surface area contributed by atoms with Gasteiger partial charge in [0.05, 0.1) is 22.7 Å². The summed E-state index contributed by atoms with van der Waals surface area (Å²) >= 11 is 7.04. The van der Waals surface area contributed by atoms with Crippen molar-refractivity contribution in [2.75, 3.05) is 6.61 Å². The van der Waals surface area contributed by atoms with E-state index in [2.05, 4.69) is 15.3 Å². The number of nitrogens with zero attached hydrogens (tertiary/aromatic N) is 1. The van der Waals surface area contributed by atoms with Crippen LogP contribution in [0.15, 0.2) is 47.8 Å². The highest BCUT2D eigenvalue weighted by Crippen LogP contribution is 2.42. The van der Waals surface area contributed by atoms with Crippen LogP contribution in [0.1, 0.15) is 117 Å². The first-order chi connectivity index (χ1) is 26.1. The number of esters is 1. The number of rotatable bonds is 17. The predicted molar refractivity (Wildman–Crippen MR) is 211 cm³/mol. The van der Waals surface area contributed by atoms with Gasteiger partial charge in [0.1, 0.15) is 11.4 Å². The third-order valence-corrected chi connectivity index (χ3v) is 12.7. The number of thiazole rings is 1. The van der Waals surface area contributed by atoms with Gasteiger partial charge in [-0.25, -0.2) is 14.2 Å². The predicted octanol–water partition coefficient (Wildman–Crippen LogP) is 10.1. The van der Waals surface area contributed by atoms with Crippen molar-refractivity contribution >= 4 is 57.0 Å². The maximum atomic E-state index is 15.0. The summed E-state index contributed by atoms with van der Waals surface area (Å²) in [6.07, 6.45) is -1.79. The summed E-state index contributed by atoms with van der Waals surface area (Å²) < 4.78 is 61.9. The molecule has 296 valence electrons. The number of carbonyl (C=O) groups excluding carboxylic acids is 3. The molecule has 0 spiro atoms. The number of carbonyl (C=O) groups is 3. The average Bonchev–Trinajstić information content (AvgIpc) is 3.80. The second-order valence-electron chi connectivity index (χ2n) is 14.8. The number of hydrogen-bond donors (Lipinski definition) is 2. The number of ketones is 1. The molecule has 7 nitrogen and oxygen atoms in total. The monoisotopic (exact) mass is 799 g/mol. The number of nitrogens with one attached hydrogen (secondary N) is 2. The number of halogens is 4. The Balaban J connectivity index is 1.50. The minimum Gasteiger partial charge on any atom is -0.461 e. The molecular weight excluding hydrogens is 751 g/mol. The van der Waals surface area contributed by atoms with Gasteiger partial charge < -0.3 is 15.0 Å². The molecule has 0 fully saturated rings. The zero-order chi connectivity index (χ0) is 40.1. The fraction of sp³-hybridized carbons (Fsp3) is 0.500. The Labute approximate surface area is 329 Å². The molecular formula is C42H49F4N3O4S2. The normalized spacial score (nSPS) is 17.9. The molecule has 4 aromatic rings. The summed E-state index contributed by atoms with van der Waals surface area (Å²) in [6.45, 7) is 9.84. The third-order valence-electron chi connectivity index (χ3n) is 11.3. The number of amides is 1. The van der Waals surface area contributed by atoms with Crippen LogP contribution in [-0.4, -0.2) is 44.6 Å². The van der Waals surface area contributed by atoms with Crippen LogP contribution in [0, 0.1) is 23.6 Å². The van der Waals surface area contributed by atoms with Crippen molar-refractivity contribution < 1.29 is 36.7 Å². The molecule has 0 saturated carbocycles. The molecule has 2 aromatic heterocycles. The van der Waals surface area contributed by atoms with Gasteiger partial charge in [-0.1, -0.05) is 83.1 Å². The number of ether oxygens (including phenoxy) is 1. The molecule has 0 bridgehead atoms. The number of para-hydroxylation sites is 1. The minimum absolute atomic E-state index is 0.00164. The van der Waals surface area contributed by atoms with Crippen LogP contribution in [0.2, 0.25) is 0 Å². The maximum Gasteiger partial charge on any atom is 0.418 e. The average molecular weight is 800 g/mol. The molecule has 2 aromatic carbocycles. The van der Waals surface area contributed by atoms with Crippen molar-refractivity contribution in [1.82, 2.24) is 15.3 Å². The second-order valence-corrected chi connectivity index (χ2v) is 16.3. The molecule has 2 heterocycles. The number of alkyl halides is 3. The molecule has 0 saturated heterocycles. The first-order valence-corrected chi connectivity index (χ1v) is 20.3. The maximum absolute atomic E-state index is 15.0. The molecule has 5 rings (SSSR count). The van der Waals surface area contributed by atoms with E-state index < -0.39 is 35.1 Å². The van der Waals surface area contributed by atoms with Crippen LogP contribution in [0.5, 0.6) is 0 Å². The summed E-state index contributed by atoms with van der Waals surface area (Å²) in [7, 11) is 0. The Morgan fingerprint density at radius 1 is 1.04 bits per heavy atom. The van der Waals surface area contributed by atoms with Crippen LogP contribution < -0.4 is 5.32 Å². The molecule has 0 radical (unpaired) electrons. The third kappa shape index (κ3) is 9.53. The summed E-state index contributed by atoms with van der Waals surface area (Å²) in [6, 6.07) is 10.5. The second kappa shape index (κ2) is 17.9. The minimum atomic E-state index is -4.60. The van der Waals surface area contributed by atoms with Crippen molar-refractivity contribution in [2.45, 2.75) is 110 Å². The Morgan fingerprint density at radius 2 is 1.76 bits per heavy atom. The van der Waals surface area contributed by atoms with E-state index >= 15 is 0 Å². The smallest absolute Gasteiger partial charge is 0.418 e. The van der Waals surface area contributed by atoms with E-state index in [4.69, 9.17) is 17.0 Å². The van der Waals surface area contributed by atoms with Crippen molar-refractivity contribution in [3.63, 3.8) is 0 Å². The standard InChI is InChI=1S/C42H49F4N3O4S2/c1-6-24(4)29(20-27(54)17-16-26-12-9-10-15-33(26)43)38(51)49-41(19-18-34-31(22-41)28-13-11-14-32(37(28)47-34)42(44,45)46)36(50)21-30(25(5)7-2)39-48-35(23-55-39)40(52)53-8-3/h9-15,23-25,29-30,47H,6-8,16-22H2,1-5H3,(H,49,51)/t24-,25-,29-,30-,41+/m0/s1. The van der Waals surface area contributed by atoms with Crippen molar-refractivity contribution in [1.29, 1.82) is 0 Å². The van der Waals surface area contributed by atoms with Crippen molar-refractivity contribution in [3.8, 4) is 0 Å². The fourth-order valence-electron chi connectivity index (χ4n) is 7.58. The highest BCUT2D eigenvalue weighted by molar-refractivity contribution is 7.80. The number of aromatic amines is 1. The Hall–Kier alpha value is -3.97. The lowest BCUT2D eigenvalue weighted by molar-refractivity contribution is -0.136. The number of hydrogen-bond acceptors (Lipinski definition) is 7. The van der Waals surface area contributed by atoms with Crippen LogP contribution in [0.4, 0.5) is 17.6 Å². The number of Topliss-reactive ketones (excluding diaryl/α,β-unsaturated/α-hetero) is 1. The molecule has 13 heteroatoms. The molecule has 1 aliphatic rings. The summed E-state index contributed by atoms with van der Waals surface area (Å²) in [4.78, 5) is 50.3. The molecule has 0 unspecified atom stereocenters. The van der Waals surface area contributed by atoms with E-state index in [0.29, 0.717) is 57.8 Å². The number of aromatic nitrogens is 2. The fourth-order valence-corrected chi connectivity index (χ4v) is 8.88. The zero-order valence-electron chi connectivity index (χ0n) is 31.9. The lowest BCUT2D eigenvalue weighted by Gasteiger charge is -2.39. The van der Waals surface area contributed by atoms with Gasteiger partial charge in [0.25, 0.3) is 0 Å². The Morgan fingerprint density at radius 3 is 2.44 bits per heavy atom.